The summed E-state index contributed by atoms with van der Waals surface area (Å²) >= 11 is 3.55. The molecule has 0 aliphatic carbocycles. The summed E-state index contributed by atoms with van der Waals surface area (Å²) in [6, 6.07) is 4.14. The molecular formula is C15H19BrO3. The number of hydrogen-bond acceptors (Lipinski definition) is 3. The predicted molar refractivity (Wildman–Crippen MR) is 79.5 cm³/mol. The van der Waals surface area contributed by atoms with Gasteiger partial charge in [0.15, 0.2) is 0 Å². The van der Waals surface area contributed by atoms with Crippen LogP contribution in [0.5, 0.6) is 0 Å². The smallest absolute Gasteiger partial charge is 0.148 e. The van der Waals surface area contributed by atoms with E-state index in [0.29, 0.717) is 12.8 Å². The zero-order valence-corrected chi connectivity index (χ0v) is 12.8. The maximum absolute atomic E-state index is 9.15. The molecule has 0 saturated heterocycles. The van der Waals surface area contributed by atoms with E-state index in [2.05, 4.69) is 22.0 Å². The van der Waals surface area contributed by atoms with Gasteiger partial charge in [-0.1, -0.05) is 0 Å². The molecule has 2 aromatic rings. The summed E-state index contributed by atoms with van der Waals surface area (Å²) in [4.78, 5) is 0. The van der Waals surface area contributed by atoms with E-state index in [-0.39, 0.29) is 19.1 Å². The molecule has 0 amide bonds. The highest BCUT2D eigenvalue weighted by atomic mass is 79.9. The predicted octanol–water partition coefficient (Wildman–Crippen LogP) is 3.66. The van der Waals surface area contributed by atoms with Crippen LogP contribution in [0.3, 0.4) is 0 Å². The van der Waals surface area contributed by atoms with E-state index in [1.807, 2.05) is 19.9 Å². The highest BCUT2D eigenvalue weighted by Gasteiger charge is 2.16. The van der Waals surface area contributed by atoms with Crippen molar-refractivity contribution in [2.24, 2.45) is 0 Å². The second-order valence-electron chi connectivity index (χ2n) is 4.88. The molecule has 1 heterocycles. The van der Waals surface area contributed by atoms with Gasteiger partial charge in [0, 0.05) is 18.6 Å². The van der Waals surface area contributed by atoms with Gasteiger partial charge in [-0.3, -0.25) is 0 Å². The molecule has 2 rings (SSSR count). The van der Waals surface area contributed by atoms with Crippen molar-refractivity contribution in [1.29, 1.82) is 0 Å². The lowest BCUT2D eigenvalue weighted by molar-refractivity contribution is 0.242. The van der Waals surface area contributed by atoms with E-state index in [4.69, 9.17) is 14.6 Å². The SMILES string of the molecule is Cc1oc2c(Br)cc(C(CCO)CCO)cc2c1C. The minimum Gasteiger partial charge on any atom is -0.460 e. The molecule has 0 bridgehead atoms. The van der Waals surface area contributed by atoms with Crippen LogP contribution in [0, 0.1) is 13.8 Å². The minimum atomic E-state index is 0.129. The maximum Gasteiger partial charge on any atom is 0.148 e. The Bertz CT molecular complexity index is 568. The monoisotopic (exact) mass is 326 g/mol. The fourth-order valence-corrected chi connectivity index (χ4v) is 3.00. The van der Waals surface area contributed by atoms with Crippen LogP contribution in [-0.4, -0.2) is 23.4 Å². The van der Waals surface area contributed by atoms with Gasteiger partial charge in [0.2, 0.25) is 0 Å². The Morgan fingerprint density at radius 2 is 1.79 bits per heavy atom. The number of halogens is 1. The van der Waals surface area contributed by atoms with Crippen LogP contribution in [-0.2, 0) is 0 Å². The summed E-state index contributed by atoms with van der Waals surface area (Å²) in [6.07, 6.45) is 1.32. The Hall–Kier alpha value is -0.840. The third-order valence-corrected chi connectivity index (χ3v) is 4.27. The molecule has 4 heteroatoms. The Morgan fingerprint density at radius 1 is 1.16 bits per heavy atom. The molecule has 0 aliphatic rings. The van der Waals surface area contributed by atoms with E-state index in [9.17, 15) is 0 Å². The van der Waals surface area contributed by atoms with E-state index in [1.54, 1.807) is 0 Å². The van der Waals surface area contributed by atoms with Crippen LogP contribution in [0.15, 0.2) is 21.0 Å². The standard InChI is InChI=1S/C15H19BrO3/c1-9-10(2)19-15-13(9)7-12(8-14(15)16)11(3-5-17)4-6-18/h7-8,11,17-18H,3-6H2,1-2H3. The lowest BCUT2D eigenvalue weighted by Gasteiger charge is -2.15. The molecule has 104 valence electrons. The topological polar surface area (TPSA) is 53.6 Å². The number of aliphatic hydroxyl groups is 2. The Morgan fingerprint density at radius 3 is 2.37 bits per heavy atom. The summed E-state index contributed by atoms with van der Waals surface area (Å²) in [5, 5.41) is 19.4. The lowest BCUT2D eigenvalue weighted by Crippen LogP contribution is -2.04. The first-order valence-corrected chi connectivity index (χ1v) is 7.28. The van der Waals surface area contributed by atoms with Crippen molar-refractivity contribution in [3.63, 3.8) is 0 Å². The third-order valence-electron chi connectivity index (χ3n) is 3.68. The van der Waals surface area contributed by atoms with E-state index >= 15 is 0 Å². The van der Waals surface area contributed by atoms with Crippen molar-refractivity contribution in [3.05, 3.63) is 33.5 Å². The number of benzene rings is 1. The second-order valence-corrected chi connectivity index (χ2v) is 5.74. The molecule has 0 atom stereocenters. The first-order valence-electron chi connectivity index (χ1n) is 6.49. The molecule has 0 fully saturated rings. The molecule has 0 aliphatic heterocycles. The molecule has 0 saturated carbocycles. The zero-order valence-electron chi connectivity index (χ0n) is 11.2. The van der Waals surface area contributed by atoms with Crippen LogP contribution in [0.25, 0.3) is 11.0 Å². The molecule has 0 unspecified atom stereocenters. The van der Waals surface area contributed by atoms with Gasteiger partial charge in [0.25, 0.3) is 0 Å². The fraction of sp³-hybridized carbons (Fsp3) is 0.467. The minimum absolute atomic E-state index is 0.129. The number of aliphatic hydroxyl groups excluding tert-OH is 2. The van der Waals surface area contributed by atoms with Crippen molar-refractivity contribution >= 4 is 26.9 Å². The summed E-state index contributed by atoms with van der Waals surface area (Å²) in [7, 11) is 0. The molecule has 3 nitrogen and oxygen atoms in total. The first kappa shape index (κ1) is 14.6. The van der Waals surface area contributed by atoms with E-state index < -0.39 is 0 Å². The first-order chi connectivity index (χ1) is 9.08. The average molecular weight is 327 g/mol. The summed E-state index contributed by atoms with van der Waals surface area (Å²) in [6.45, 7) is 4.26. The largest absolute Gasteiger partial charge is 0.460 e. The van der Waals surface area contributed by atoms with Crippen LogP contribution in [0.1, 0.15) is 35.6 Å². The summed E-state index contributed by atoms with van der Waals surface area (Å²) in [5.74, 6) is 1.10. The van der Waals surface area contributed by atoms with Crippen molar-refractivity contribution in [2.45, 2.75) is 32.6 Å². The summed E-state index contributed by atoms with van der Waals surface area (Å²) < 4.78 is 6.67. The van der Waals surface area contributed by atoms with E-state index in [1.165, 1.54) is 0 Å². The fourth-order valence-electron chi connectivity index (χ4n) is 2.44. The van der Waals surface area contributed by atoms with Gasteiger partial charge in [-0.05, 0) is 71.8 Å². The molecule has 0 spiro atoms. The Balaban J connectivity index is 2.51. The highest BCUT2D eigenvalue weighted by Crippen LogP contribution is 2.35. The van der Waals surface area contributed by atoms with Gasteiger partial charge in [0.1, 0.15) is 11.3 Å². The normalized spacial score (nSPS) is 11.7. The van der Waals surface area contributed by atoms with Crippen LogP contribution in [0.2, 0.25) is 0 Å². The third kappa shape index (κ3) is 2.86. The number of rotatable bonds is 5. The van der Waals surface area contributed by atoms with Gasteiger partial charge in [0.05, 0.1) is 4.47 Å². The number of fused-ring (bicyclic) bond motifs is 1. The van der Waals surface area contributed by atoms with Crippen molar-refractivity contribution in [3.8, 4) is 0 Å². The molecule has 1 aromatic carbocycles. The second kappa shape index (κ2) is 6.07. The highest BCUT2D eigenvalue weighted by molar-refractivity contribution is 9.10. The Labute approximate surface area is 121 Å². The van der Waals surface area contributed by atoms with Gasteiger partial charge >= 0.3 is 0 Å². The van der Waals surface area contributed by atoms with Crippen LogP contribution < -0.4 is 0 Å². The van der Waals surface area contributed by atoms with Crippen LogP contribution in [0.4, 0.5) is 0 Å². The average Bonchev–Trinajstić information content (AvgIpc) is 2.67. The molecule has 0 radical (unpaired) electrons. The van der Waals surface area contributed by atoms with Crippen molar-refractivity contribution in [1.82, 2.24) is 0 Å². The van der Waals surface area contributed by atoms with Gasteiger partial charge < -0.3 is 14.6 Å². The van der Waals surface area contributed by atoms with Gasteiger partial charge in [-0.15, -0.1) is 0 Å². The van der Waals surface area contributed by atoms with E-state index in [0.717, 1.165) is 32.3 Å². The molecule has 1 aromatic heterocycles. The van der Waals surface area contributed by atoms with Crippen molar-refractivity contribution < 1.29 is 14.6 Å². The number of aryl methyl sites for hydroxylation is 2. The van der Waals surface area contributed by atoms with Crippen LogP contribution >= 0.6 is 15.9 Å². The van der Waals surface area contributed by atoms with Gasteiger partial charge in [-0.2, -0.15) is 0 Å². The molecule has 19 heavy (non-hydrogen) atoms. The number of furan rings is 1. The molecule has 2 N–H and O–H groups in total. The number of hydrogen-bond donors (Lipinski definition) is 2. The zero-order chi connectivity index (χ0) is 14.0. The maximum atomic E-state index is 9.15. The Kier molecular flexibility index (Phi) is 4.66. The van der Waals surface area contributed by atoms with Crippen molar-refractivity contribution in [2.75, 3.05) is 13.2 Å². The lowest BCUT2D eigenvalue weighted by atomic mass is 9.92. The van der Waals surface area contributed by atoms with Gasteiger partial charge in [-0.25, -0.2) is 0 Å². The quantitative estimate of drug-likeness (QED) is 0.881. The summed E-state index contributed by atoms with van der Waals surface area (Å²) in [5.41, 5.74) is 3.14. The molecular weight excluding hydrogens is 308 g/mol.